The summed E-state index contributed by atoms with van der Waals surface area (Å²) in [7, 11) is 0. The molecule has 0 amide bonds. The number of piperidine rings is 1. The fraction of sp³-hybridized carbons (Fsp3) is 0.333. The molecule has 1 aliphatic heterocycles. The maximum absolute atomic E-state index is 6.43. The highest BCUT2D eigenvalue weighted by atomic mass is 35.5. The van der Waals surface area contributed by atoms with Crippen LogP contribution in [0.2, 0.25) is 5.02 Å². The number of benzene rings is 2. The molecule has 1 saturated heterocycles. The van der Waals surface area contributed by atoms with Gasteiger partial charge in [0, 0.05) is 22.4 Å². The van der Waals surface area contributed by atoms with Crippen molar-refractivity contribution >= 4 is 23.4 Å². The third kappa shape index (κ3) is 3.28. The molecule has 110 valence electrons. The fourth-order valence-corrected chi connectivity index (χ4v) is 3.90. The van der Waals surface area contributed by atoms with Gasteiger partial charge in [-0.3, -0.25) is 0 Å². The number of hydrogen-bond donors (Lipinski definition) is 1. The van der Waals surface area contributed by atoms with Gasteiger partial charge in [-0.25, -0.2) is 0 Å². The Balaban J connectivity index is 1.92. The lowest BCUT2D eigenvalue weighted by molar-refractivity contribution is 0.404. The van der Waals surface area contributed by atoms with Crippen LogP contribution in [-0.4, -0.2) is 19.3 Å². The Morgan fingerprint density at radius 3 is 2.52 bits per heavy atom. The van der Waals surface area contributed by atoms with Crippen molar-refractivity contribution in [2.45, 2.75) is 23.2 Å². The molecule has 2 unspecified atom stereocenters. The molecular weight excluding hydrogens is 298 g/mol. The van der Waals surface area contributed by atoms with Crippen molar-refractivity contribution in [3.8, 4) is 0 Å². The molecule has 0 aromatic heterocycles. The van der Waals surface area contributed by atoms with E-state index < -0.39 is 0 Å². The monoisotopic (exact) mass is 317 g/mol. The van der Waals surface area contributed by atoms with Crippen LogP contribution in [-0.2, 0) is 0 Å². The maximum Gasteiger partial charge on any atom is 0.0441 e. The summed E-state index contributed by atoms with van der Waals surface area (Å²) in [5, 5.41) is 4.41. The van der Waals surface area contributed by atoms with Gasteiger partial charge >= 0.3 is 0 Å². The lowest BCUT2D eigenvalue weighted by atomic mass is 9.77. The molecule has 1 nitrogen and oxygen atoms in total. The zero-order chi connectivity index (χ0) is 14.7. The van der Waals surface area contributed by atoms with Crippen LogP contribution < -0.4 is 5.32 Å². The standard InChI is InChI=1S/C18H20ClNS/c1-21-14-8-6-13(7-9-14)15-10-11-20-12-17(15)16-4-2-3-5-18(16)19/h2-9,15,17,20H,10-12H2,1H3. The molecular formula is C18H20ClNS. The number of thioether (sulfide) groups is 1. The summed E-state index contributed by atoms with van der Waals surface area (Å²) in [5.41, 5.74) is 2.70. The third-order valence-electron chi connectivity index (χ3n) is 4.33. The first-order chi connectivity index (χ1) is 10.3. The van der Waals surface area contributed by atoms with E-state index in [1.807, 2.05) is 12.1 Å². The summed E-state index contributed by atoms with van der Waals surface area (Å²) in [6, 6.07) is 17.3. The molecule has 3 rings (SSSR count). The second-order valence-corrected chi connectivity index (χ2v) is 6.79. The molecule has 3 heteroatoms. The molecule has 21 heavy (non-hydrogen) atoms. The summed E-state index contributed by atoms with van der Waals surface area (Å²) >= 11 is 8.22. The van der Waals surface area contributed by atoms with Crippen LogP contribution in [0.5, 0.6) is 0 Å². The van der Waals surface area contributed by atoms with E-state index in [-0.39, 0.29) is 0 Å². The maximum atomic E-state index is 6.43. The van der Waals surface area contributed by atoms with E-state index in [1.54, 1.807) is 11.8 Å². The Morgan fingerprint density at radius 1 is 1.05 bits per heavy atom. The summed E-state index contributed by atoms with van der Waals surface area (Å²) in [5.74, 6) is 0.995. The highest BCUT2D eigenvalue weighted by molar-refractivity contribution is 7.98. The minimum atomic E-state index is 0.451. The molecule has 0 spiro atoms. The number of rotatable bonds is 3. The Morgan fingerprint density at radius 2 is 1.81 bits per heavy atom. The zero-order valence-electron chi connectivity index (χ0n) is 12.2. The summed E-state index contributed by atoms with van der Waals surface area (Å²) in [6.07, 6.45) is 3.28. The van der Waals surface area contributed by atoms with Gasteiger partial charge < -0.3 is 5.32 Å². The minimum Gasteiger partial charge on any atom is -0.316 e. The van der Waals surface area contributed by atoms with Crippen LogP contribution in [0.4, 0.5) is 0 Å². The molecule has 1 aliphatic rings. The van der Waals surface area contributed by atoms with Crippen LogP contribution in [0.1, 0.15) is 29.4 Å². The van der Waals surface area contributed by atoms with Gasteiger partial charge in [0.15, 0.2) is 0 Å². The van der Waals surface area contributed by atoms with E-state index in [1.165, 1.54) is 16.0 Å². The van der Waals surface area contributed by atoms with Gasteiger partial charge in [-0.15, -0.1) is 11.8 Å². The molecule has 2 aromatic rings. The van der Waals surface area contributed by atoms with Gasteiger partial charge in [-0.1, -0.05) is 41.9 Å². The normalized spacial score (nSPS) is 22.2. The second-order valence-electron chi connectivity index (χ2n) is 5.50. The molecule has 1 heterocycles. The van der Waals surface area contributed by atoms with Crippen molar-refractivity contribution < 1.29 is 0 Å². The molecule has 0 radical (unpaired) electrons. The van der Waals surface area contributed by atoms with Crippen LogP contribution in [0.15, 0.2) is 53.4 Å². The molecule has 0 saturated carbocycles. The van der Waals surface area contributed by atoms with Crippen molar-refractivity contribution in [2.75, 3.05) is 19.3 Å². The highest BCUT2D eigenvalue weighted by Crippen LogP contribution is 2.40. The predicted octanol–water partition coefficient (Wildman–Crippen LogP) is 4.92. The fourth-order valence-electron chi connectivity index (χ4n) is 3.21. The second kappa shape index (κ2) is 6.87. The molecule has 0 bridgehead atoms. The Bertz CT molecular complexity index is 596. The van der Waals surface area contributed by atoms with Gasteiger partial charge in [-0.05, 0) is 54.5 Å². The van der Waals surface area contributed by atoms with Crippen LogP contribution >= 0.6 is 23.4 Å². The number of hydrogen-bond acceptors (Lipinski definition) is 2. The van der Waals surface area contributed by atoms with Gasteiger partial charge in [0.05, 0.1) is 0 Å². The van der Waals surface area contributed by atoms with Crippen molar-refractivity contribution in [2.24, 2.45) is 0 Å². The van der Waals surface area contributed by atoms with E-state index in [9.17, 15) is 0 Å². The largest absolute Gasteiger partial charge is 0.316 e. The smallest absolute Gasteiger partial charge is 0.0441 e. The lowest BCUT2D eigenvalue weighted by Gasteiger charge is -2.33. The average Bonchev–Trinajstić information content (AvgIpc) is 2.55. The van der Waals surface area contributed by atoms with E-state index in [0.29, 0.717) is 11.8 Å². The Labute approximate surface area is 136 Å². The number of halogens is 1. The molecule has 2 atom stereocenters. The molecule has 2 aromatic carbocycles. The van der Waals surface area contributed by atoms with Crippen molar-refractivity contribution in [1.29, 1.82) is 0 Å². The van der Waals surface area contributed by atoms with Gasteiger partial charge in [0.25, 0.3) is 0 Å². The molecule has 0 aliphatic carbocycles. The minimum absolute atomic E-state index is 0.451. The molecule has 1 N–H and O–H groups in total. The quantitative estimate of drug-likeness (QED) is 0.806. The van der Waals surface area contributed by atoms with Gasteiger partial charge in [0.1, 0.15) is 0 Å². The summed E-state index contributed by atoms with van der Waals surface area (Å²) in [6.45, 7) is 2.08. The first-order valence-corrected chi connectivity index (χ1v) is 8.99. The number of nitrogens with one attached hydrogen (secondary N) is 1. The van der Waals surface area contributed by atoms with Crippen molar-refractivity contribution in [3.63, 3.8) is 0 Å². The van der Waals surface area contributed by atoms with Crippen molar-refractivity contribution in [1.82, 2.24) is 5.32 Å². The highest BCUT2D eigenvalue weighted by Gasteiger charge is 2.28. The predicted molar refractivity (Wildman–Crippen MR) is 92.6 cm³/mol. The zero-order valence-corrected chi connectivity index (χ0v) is 13.8. The Hall–Kier alpha value is -0.960. The summed E-state index contributed by atoms with van der Waals surface area (Å²) in [4.78, 5) is 1.32. The average molecular weight is 318 g/mol. The van der Waals surface area contributed by atoms with Gasteiger partial charge in [0.2, 0.25) is 0 Å². The Kier molecular flexibility index (Phi) is 4.89. The molecule has 1 fully saturated rings. The van der Waals surface area contributed by atoms with E-state index >= 15 is 0 Å². The third-order valence-corrected chi connectivity index (χ3v) is 5.42. The lowest BCUT2D eigenvalue weighted by Crippen LogP contribution is -2.34. The van der Waals surface area contributed by atoms with Gasteiger partial charge in [-0.2, -0.15) is 0 Å². The topological polar surface area (TPSA) is 12.0 Å². The van der Waals surface area contributed by atoms with E-state index in [2.05, 4.69) is 48.0 Å². The van der Waals surface area contributed by atoms with Crippen LogP contribution in [0.3, 0.4) is 0 Å². The van der Waals surface area contributed by atoms with E-state index in [4.69, 9.17) is 11.6 Å². The van der Waals surface area contributed by atoms with E-state index in [0.717, 1.165) is 24.5 Å². The first-order valence-electron chi connectivity index (χ1n) is 7.38. The van der Waals surface area contributed by atoms with Crippen molar-refractivity contribution in [3.05, 3.63) is 64.7 Å². The van der Waals surface area contributed by atoms with Crippen LogP contribution in [0.25, 0.3) is 0 Å². The first kappa shape index (κ1) is 15.0. The SMILES string of the molecule is CSc1ccc(C2CCNCC2c2ccccc2Cl)cc1. The summed E-state index contributed by atoms with van der Waals surface area (Å²) < 4.78 is 0. The van der Waals surface area contributed by atoms with Crippen LogP contribution in [0, 0.1) is 0 Å².